The molecule has 0 atom stereocenters. The van der Waals surface area contributed by atoms with Crippen LogP contribution in [0.1, 0.15) is 11.1 Å². The standard InChI is InChI=1S/C30H25FN4O4S/c31-22-8-10-23(11-9-22)33-27(37)19-34-25-15-17-40-28(25)29(38)35(30(34)39)24-12-6-21(7-13-24)18-26(36)32-16-14-20-4-2-1-3-5-20/h1-13,15,17H,14,16,18-19H2,(H,32,36)(H,33,37). The Kier molecular flexibility index (Phi) is 7.97. The topological polar surface area (TPSA) is 102 Å². The monoisotopic (exact) mass is 556 g/mol. The Balaban J connectivity index is 1.32. The van der Waals surface area contributed by atoms with E-state index in [1.807, 2.05) is 30.3 Å². The Morgan fingerprint density at radius 1 is 0.825 bits per heavy atom. The first-order valence-electron chi connectivity index (χ1n) is 12.6. The van der Waals surface area contributed by atoms with E-state index < -0.39 is 23.0 Å². The predicted molar refractivity (Wildman–Crippen MR) is 154 cm³/mol. The number of nitrogens with one attached hydrogen (secondary N) is 2. The molecule has 0 spiro atoms. The van der Waals surface area contributed by atoms with Gasteiger partial charge in [-0.25, -0.2) is 13.8 Å². The number of carbonyl (C=O) groups excluding carboxylic acids is 2. The number of benzene rings is 3. The number of halogens is 1. The van der Waals surface area contributed by atoms with Crippen LogP contribution in [0.2, 0.25) is 0 Å². The average molecular weight is 557 g/mol. The molecule has 0 saturated carbocycles. The molecule has 0 fully saturated rings. The molecule has 8 nitrogen and oxygen atoms in total. The molecule has 40 heavy (non-hydrogen) atoms. The van der Waals surface area contributed by atoms with Gasteiger partial charge >= 0.3 is 5.69 Å². The number of anilines is 1. The van der Waals surface area contributed by atoms with Gasteiger partial charge in [0.25, 0.3) is 5.56 Å². The van der Waals surface area contributed by atoms with Crippen molar-refractivity contribution >= 4 is 39.1 Å². The van der Waals surface area contributed by atoms with Crippen molar-refractivity contribution in [2.75, 3.05) is 11.9 Å². The highest BCUT2D eigenvalue weighted by Gasteiger charge is 2.18. The summed E-state index contributed by atoms with van der Waals surface area (Å²) < 4.78 is 15.8. The van der Waals surface area contributed by atoms with Gasteiger partial charge in [0.05, 0.1) is 17.6 Å². The van der Waals surface area contributed by atoms with Gasteiger partial charge in [0.2, 0.25) is 11.8 Å². The summed E-state index contributed by atoms with van der Waals surface area (Å²) in [6.07, 6.45) is 0.884. The molecule has 2 heterocycles. The number of amides is 2. The molecule has 3 aromatic carbocycles. The number of nitrogens with zero attached hydrogens (tertiary/aromatic N) is 2. The third-order valence-corrected chi connectivity index (χ3v) is 7.21. The highest BCUT2D eigenvalue weighted by atomic mass is 32.1. The first-order valence-corrected chi connectivity index (χ1v) is 13.5. The highest BCUT2D eigenvalue weighted by Crippen LogP contribution is 2.17. The van der Waals surface area contributed by atoms with Gasteiger partial charge in [-0.05, 0) is 65.4 Å². The minimum absolute atomic E-state index is 0.129. The molecule has 0 radical (unpaired) electrons. The molecular weight excluding hydrogens is 531 g/mol. The zero-order valence-electron chi connectivity index (χ0n) is 21.3. The number of aromatic nitrogens is 2. The lowest BCUT2D eigenvalue weighted by molar-refractivity contribution is -0.120. The fourth-order valence-electron chi connectivity index (χ4n) is 4.35. The normalized spacial score (nSPS) is 10.9. The minimum Gasteiger partial charge on any atom is -0.355 e. The number of carbonyl (C=O) groups is 2. The summed E-state index contributed by atoms with van der Waals surface area (Å²) in [6.45, 7) is 0.177. The van der Waals surface area contributed by atoms with Gasteiger partial charge in [-0.2, -0.15) is 0 Å². The Labute approximate surface area is 232 Å². The van der Waals surface area contributed by atoms with Crippen LogP contribution >= 0.6 is 11.3 Å². The van der Waals surface area contributed by atoms with Crippen molar-refractivity contribution in [2.24, 2.45) is 0 Å². The molecule has 202 valence electrons. The maximum atomic E-state index is 13.5. The van der Waals surface area contributed by atoms with Crippen molar-refractivity contribution in [3.05, 3.63) is 128 Å². The Morgan fingerprint density at radius 3 is 2.27 bits per heavy atom. The van der Waals surface area contributed by atoms with Crippen LogP contribution in [0.15, 0.2) is 99.9 Å². The summed E-state index contributed by atoms with van der Waals surface area (Å²) in [5.41, 5.74) is 1.77. The van der Waals surface area contributed by atoms with E-state index in [0.717, 1.165) is 22.1 Å². The fraction of sp³-hybridized carbons (Fsp3) is 0.133. The Hall–Kier alpha value is -4.83. The Morgan fingerprint density at radius 2 is 1.55 bits per heavy atom. The summed E-state index contributed by atoms with van der Waals surface area (Å²) in [6, 6.07) is 23.4. The van der Waals surface area contributed by atoms with Crippen molar-refractivity contribution in [3.63, 3.8) is 0 Å². The van der Waals surface area contributed by atoms with Crippen molar-refractivity contribution in [3.8, 4) is 5.69 Å². The summed E-state index contributed by atoms with van der Waals surface area (Å²) in [7, 11) is 0. The van der Waals surface area contributed by atoms with E-state index in [2.05, 4.69) is 10.6 Å². The summed E-state index contributed by atoms with van der Waals surface area (Å²) >= 11 is 1.18. The van der Waals surface area contributed by atoms with Gasteiger partial charge in [-0.1, -0.05) is 42.5 Å². The zero-order chi connectivity index (χ0) is 28.1. The largest absolute Gasteiger partial charge is 0.355 e. The van der Waals surface area contributed by atoms with E-state index in [-0.39, 0.29) is 18.9 Å². The molecule has 0 saturated heterocycles. The minimum atomic E-state index is -0.670. The molecule has 0 unspecified atom stereocenters. The molecule has 0 aliphatic carbocycles. The van der Waals surface area contributed by atoms with Crippen LogP contribution in [-0.4, -0.2) is 27.5 Å². The van der Waals surface area contributed by atoms with Crippen LogP contribution in [-0.2, 0) is 29.0 Å². The second-order valence-electron chi connectivity index (χ2n) is 9.13. The van der Waals surface area contributed by atoms with Crippen molar-refractivity contribution in [1.82, 2.24) is 14.5 Å². The van der Waals surface area contributed by atoms with Crippen LogP contribution in [0.5, 0.6) is 0 Å². The van der Waals surface area contributed by atoms with E-state index in [9.17, 15) is 23.6 Å². The number of thiophene rings is 1. The summed E-state index contributed by atoms with van der Waals surface area (Å²) in [5.74, 6) is -1.06. The lowest BCUT2D eigenvalue weighted by Gasteiger charge is -2.13. The number of hydrogen-bond donors (Lipinski definition) is 2. The maximum Gasteiger partial charge on any atom is 0.336 e. The highest BCUT2D eigenvalue weighted by molar-refractivity contribution is 7.17. The first kappa shape index (κ1) is 26.8. The summed E-state index contributed by atoms with van der Waals surface area (Å²) in [4.78, 5) is 51.8. The van der Waals surface area contributed by atoms with Gasteiger partial charge in [0.15, 0.2) is 0 Å². The van der Waals surface area contributed by atoms with Gasteiger partial charge in [-0.3, -0.25) is 19.0 Å². The van der Waals surface area contributed by atoms with Crippen molar-refractivity contribution in [1.29, 1.82) is 0 Å². The van der Waals surface area contributed by atoms with E-state index in [4.69, 9.17) is 0 Å². The van der Waals surface area contributed by atoms with Crippen LogP contribution < -0.4 is 21.9 Å². The van der Waals surface area contributed by atoms with Crippen LogP contribution in [0, 0.1) is 5.82 Å². The molecule has 10 heteroatoms. The predicted octanol–water partition coefficient (Wildman–Crippen LogP) is 3.89. The van der Waals surface area contributed by atoms with Crippen LogP contribution in [0.4, 0.5) is 10.1 Å². The lowest BCUT2D eigenvalue weighted by atomic mass is 10.1. The number of fused-ring (bicyclic) bond motifs is 1. The van der Waals surface area contributed by atoms with Gasteiger partial charge in [-0.15, -0.1) is 11.3 Å². The van der Waals surface area contributed by atoms with E-state index in [0.29, 0.717) is 28.1 Å². The maximum absolute atomic E-state index is 13.5. The quantitative estimate of drug-likeness (QED) is 0.288. The van der Waals surface area contributed by atoms with Crippen molar-refractivity contribution in [2.45, 2.75) is 19.4 Å². The zero-order valence-corrected chi connectivity index (χ0v) is 22.1. The molecule has 5 aromatic rings. The summed E-state index contributed by atoms with van der Waals surface area (Å²) in [5, 5.41) is 7.23. The Bertz CT molecular complexity index is 1780. The molecule has 2 N–H and O–H groups in total. The van der Waals surface area contributed by atoms with Gasteiger partial charge in [0.1, 0.15) is 17.1 Å². The second-order valence-corrected chi connectivity index (χ2v) is 10.0. The molecule has 0 bridgehead atoms. The smallest absolute Gasteiger partial charge is 0.336 e. The van der Waals surface area contributed by atoms with Gasteiger partial charge < -0.3 is 10.6 Å². The third-order valence-electron chi connectivity index (χ3n) is 6.32. The van der Waals surface area contributed by atoms with Gasteiger partial charge in [0, 0.05) is 12.2 Å². The number of rotatable bonds is 9. The molecule has 0 aliphatic heterocycles. The van der Waals surface area contributed by atoms with Crippen LogP contribution in [0.3, 0.4) is 0 Å². The number of hydrogen-bond acceptors (Lipinski definition) is 5. The third kappa shape index (κ3) is 6.08. The molecule has 2 amide bonds. The van der Waals surface area contributed by atoms with E-state index in [1.54, 1.807) is 35.7 Å². The van der Waals surface area contributed by atoms with E-state index >= 15 is 0 Å². The van der Waals surface area contributed by atoms with E-state index in [1.165, 1.54) is 40.2 Å². The molecule has 0 aliphatic rings. The average Bonchev–Trinajstić information content (AvgIpc) is 3.44. The van der Waals surface area contributed by atoms with Crippen LogP contribution in [0.25, 0.3) is 15.9 Å². The first-order chi connectivity index (χ1) is 19.4. The molecule has 2 aromatic heterocycles. The second kappa shape index (κ2) is 11.9. The molecule has 5 rings (SSSR count). The lowest BCUT2D eigenvalue weighted by Crippen LogP contribution is -2.40. The molecular formula is C30H25FN4O4S. The van der Waals surface area contributed by atoms with Crippen molar-refractivity contribution < 1.29 is 14.0 Å². The SMILES string of the molecule is O=C(Cc1ccc(-n2c(=O)c3sccc3n(CC(=O)Nc3ccc(F)cc3)c2=O)cc1)NCCc1ccccc1. The fourth-order valence-corrected chi connectivity index (χ4v) is 5.17.